The zero-order chi connectivity index (χ0) is 13.3. The Balaban J connectivity index is 2.22. The van der Waals surface area contributed by atoms with E-state index in [-0.39, 0.29) is 16.2 Å². The fraction of sp³-hybridized carbons (Fsp3) is 0.545. The lowest BCUT2D eigenvalue weighted by atomic mass is 10.1. The number of rotatable bonds is 3. The Morgan fingerprint density at radius 2 is 2.33 bits per heavy atom. The van der Waals surface area contributed by atoms with Crippen LogP contribution in [-0.4, -0.2) is 31.8 Å². The SMILES string of the molecule is CCC1CCCN1C(=O)c1csc(S(=O)(=O)Cl)c1. The number of likely N-dealkylation sites (tertiary alicyclic amines) is 1. The smallest absolute Gasteiger partial charge is 0.270 e. The predicted octanol–water partition coefficient (Wildman–Crippen LogP) is 2.69. The Hall–Kier alpha value is -0.590. The van der Waals surface area contributed by atoms with E-state index in [2.05, 4.69) is 6.92 Å². The largest absolute Gasteiger partial charge is 0.336 e. The summed E-state index contributed by atoms with van der Waals surface area (Å²) in [5, 5.41) is 1.56. The topological polar surface area (TPSA) is 54.5 Å². The summed E-state index contributed by atoms with van der Waals surface area (Å²) in [5.74, 6) is -0.0952. The van der Waals surface area contributed by atoms with Gasteiger partial charge in [0.15, 0.2) is 0 Å². The van der Waals surface area contributed by atoms with Crippen LogP contribution in [0.5, 0.6) is 0 Å². The molecule has 1 fully saturated rings. The van der Waals surface area contributed by atoms with E-state index < -0.39 is 9.05 Å². The lowest BCUT2D eigenvalue weighted by Gasteiger charge is -2.23. The first kappa shape index (κ1) is 13.8. The van der Waals surface area contributed by atoms with E-state index in [1.54, 1.807) is 5.38 Å². The van der Waals surface area contributed by atoms with Crippen LogP contribution in [0.15, 0.2) is 15.7 Å². The van der Waals surface area contributed by atoms with Crippen LogP contribution in [0.1, 0.15) is 36.5 Å². The van der Waals surface area contributed by atoms with Crippen molar-refractivity contribution in [3.8, 4) is 0 Å². The van der Waals surface area contributed by atoms with Crippen molar-refractivity contribution < 1.29 is 13.2 Å². The summed E-state index contributed by atoms with van der Waals surface area (Å²) in [7, 11) is 1.51. The van der Waals surface area contributed by atoms with Crippen molar-refractivity contribution in [1.29, 1.82) is 0 Å². The van der Waals surface area contributed by atoms with Gasteiger partial charge in [-0.3, -0.25) is 4.79 Å². The fourth-order valence-corrected chi connectivity index (χ4v) is 4.19. The molecule has 1 aliphatic rings. The molecule has 1 aliphatic heterocycles. The zero-order valence-electron chi connectivity index (χ0n) is 9.93. The molecule has 1 atom stereocenters. The van der Waals surface area contributed by atoms with Crippen LogP contribution in [-0.2, 0) is 9.05 Å². The second-order valence-corrected chi connectivity index (χ2v) is 8.00. The highest BCUT2D eigenvalue weighted by atomic mass is 35.7. The van der Waals surface area contributed by atoms with Gasteiger partial charge in [0.1, 0.15) is 4.21 Å². The molecule has 1 aromatic rings. The second kappa shape index (κ2) is 5.19. The first-order valence-corrected chi connectivity index (χ1v) is 8.96. The van der Waals surface area contributed by atoms with Crippen molar-refractivity contribution in [2.75, 3.05) is 6.54 Å². The number of carbonyl (C=O) groups excluding carboxylic acids is 1. The molecule has 2 heterocycles. The van der Waals surface area contributed by atoms with E-state index in [0.29, 0.717) is 5.56 Å². The van der Waals surface area contributed by atoms with E-state index in [9.17, 15) is 13.2 Å². The normalized spacial score (nSPS) is 20.3. The van der Waals surface area contributed by atoms with Crippen LogP contribution in [0.4, 0.5) is 0 Å². The third-order valence-corrected chi connectivity index (χ3v) is 6.21. The van der Waals surface area contributed by atoms with Gasteiger partial charge in [0, 0.05) is 28.6 Å². The maximum Gasteiger partial charge on any atom is 0.270 e. The van der Waals surface area contributed by atoms with Gasteiger partial charge in [-0.25, -0.2) is 8.42 Å². The Morgan fingerprint density at radius 1 is 1.61 bits per heavy atom. The third kappa shape index (κ3) is 2.70. The number of hydrogen-bond donors (Lipinski definition) is 0. The van der Waals surface area contributed by atoms with Crippen LogP contribution in [0, 0.1) is 0 Å². The van der Waals surface area contributed by atoms with Gasteiger partial charge in [0.05, 0.1) is 5.56 Å². The van der Waals surface area contributed by atoms with E-state index in [4.69, 9.17) is 10.7 Å². The second-order valence-electron chi connectivity index (χ2n) is 4.30. The van der Waals surface area contributed by atoms with Gasteiger partial charge in [-0.2, -0.15) is 0 Å². The van der Waals surface area contributed by atoms with Crippen molar-refractivity contribution in [2.24, 2.45) is 0 Å². The number of carbonyl (C=O) groups is 1. The molecule has 1 amide bonds. The molecule has 18 heavy (non-hydrogen) atoms. The summed E-state index contributed by atoms with van der Waals surface area (Å²) >= 11 is 0.985. The average Bonchev–Trinajstić information content (AvgIpc) is 2.96. The van der Waals surface area contributed by atoms with Gasteiger partial charge in [0.2, 0.25) is 0 Å². The molecule has 0 spiro atoms. The number of hydrogen-bond acceptors (Lipinski definition) is 4. The summed E-state index contributed by atoms with van der Waals surface area (Å²) in [6, 6.07) is 1.63. The zero-order valence-corrected chi connectivity index (χ0v) is 12.3. The highest BCUT2D eigenvalue weighted by Crippen LogP contribution is 2.27. The Bertz CT molecular complexity index is 552. The Labute approximate surface area is 115 Å². The van der Waals surface area contributed by atoms with Gasteiger partial charge < -0.3 is 4.90 Å². The van der Waals surface area contributed by atoms with E-state index in [0.717, 1.165) is 37.1 Å². The van der Waals surface area contributed by atoms with Crippen LogP contribution in [0.25, 0.3) is 0 Å². The van der Waals surface area contributed by atoms with Gasteiger partial charge in [-0.05, 0) is 25.3 Å². The highest BCUT2D eigenvalue weighted by Gasteiger charge is 2.29. The Kier molecular flexibility index (Phi) is 3.99. The number of amides is 1. The van der Waals surface area contributed by atoms with Crippen LogP contribution in [0.3, 0.4) is 0 Å². The van der Waals surface area contributed by atoms with Crippen LogP contribution < -0.4 is 0 Å². The summed E-state index contributed by atoms with van der Waals surface area (Å²) in [6.07, 6.45) is 2.96. The van der Waals surface area contributed by atoms with Crippen molar-refractivity contribution in [3.05, 3.63) is 17.0 Å². The summed E-state index contributed by atoms with van der Waals surface area (Å²) < 4.78 is 22.4. The third-order valence-electron chi connectivity index (χ3n) is 3.17. The maximum atomic E-state index is 12.3. The summed E-state index contributed by atoms with van der Waals surface area (Å²) in [6.45, 7) is 2.80. The molecule has 0 N–H and O–H groups in total. The van der Waals surface area contributed by atoms with Gasteiger partial charge >= 0.3 is 0 Å². The van der Waals surface area contributed by atoms with Crippen molar-refractivity contribution in [2.45, 2.75) is 36.4 Å². The van der Waals surface area contributed by atoms with E-state index in [1.165, 1.54) is 6.07 Å². The number of thiophene rings is 1. The molecule has 1 unspecified atom stereocenters. The quantitative estimate of drug-likeness (QED) is 0.807. The minimum atomic E-state index is -3.74. The molecule has 4 nitrogen and oxygen atoms in total. The lowest BCUT2D eigenvalue weighted by Crippen LogP contribution is -2.34. The highest BCUT2D eigenvalue weighted by molar-refractivity contribution is 8.15. The predicted molar refractivity (Wildman–Crippen MR) is 71.7 cm³/mol. The number of nitrogens with zero attached hydrogens (tertiary/aromatic N) is 1. The standard InChI is InChI=1S/C11H14ClNO3S2/c1-2-9-4-3-5-13(9)11(14)8-6-10(17-7-8)18(12,15)16/h6-7,9H,2-5H2,1H3. The molecule has 0 aliphatic carbocycles. The van der Waals surface area contributed by atoms with E-state index >= 15 is 0 Å². The molecule has 0 radical (unpaired) electrons. The molecule has 7 heteroatoms. The number of halogens is 1. The molecule has 0 bridgehead atoms. The lowest BCUT2D eigenvalue weighted by molar-refractivity contribution is 0.0734. The average molecular weight is 308 g/mol. The van der Waals surface area contributed by atoms with Gasteiger partial charge in [0.25, 0.3) is 15.0 Å². The first-order chi connectivity index (χ1) is 8.43. The monoisotopic (exact) mass is 307 g/mol. The molecule has 100 valence electrons. The van der Waals surface area contributed by atoms with Crippen molar-refractivity contribution >= 4 is 37.0 Å². The molecule has 1 aromatic heterocycles. The minimum absolute atomic E-state index is 0.0276. The first-order valence-electron chi connectivity index (χ1n) is 5.77. The van der Waals surface area contributed by atoms with Gasteiger partial charge in [-0.15, -0.1) is 11.3 Å². The summed E-state index contributed by atoms with van der Waals surface area (Å²) in [4.78, 5) is 14.1. The molecule has 1 saturated heterocycles. The fourth-order valence-electron chi connectivity index (χ4n) is 2.25. The molecular formula is C11H14ClNO3S2. The minimum Gasteiger partial charge on any atom is -0.336 e. The maximum absolute atomic E-state index is 12.3. The molecule has 2 rings (SSSR count). The van der Waals surface area contributed by atoms with Crippen molar-refractivity contribution in [3.63, 3.8) is 0 Å². The summed E-state index contributed by atoms with van der Waals surface area (Å²) in [5.41, 5.74) is 0.416. The van der Waals surface area contributed by atoms with E-state index in [1.807, 2.05) is 4.90 Å². The Morgan fingerprint density at radius 3 is 2.89 bits per heavy atom. The van der Waals surface area contributed by atoms with Crippen molar-refractivity contribution in [1.82, 2.24) is 4.90 Å². The molecule has 0 saturated carbocycles. The molecular weight excluding hydrogens is 294 g/mol. The van der Waals surface area contributed by atoms with Gasteiger partial charge in [-0.1, -0.05) is 6.92 Å². The van der Waals surface area contributed by atoms with Crippen LogP contribution >= 0.6 is 22.0 Å². The molecule has 0 aromatic carbocycles. The van der Waals surface area contributed by atoms with Crippen LogP contribution in [0.2, 0.25) is 0 Å².